The minimum Gasteiger partial charge on any atom is -0.494 e. The molecule has 1 amide bonds. The number of carbonyl (C=O) groups excluding carboxylic acids is 1. The molecule has 1 unspecified atom stereocenters. The van der Waals surface area contributed by atoms with Crippen LogP contribution >= 0.6 is 11.3 Å². The van der Waals surface area contributed by atoms with Crippen LogP contribution in [0.25, 0.3) is 10.2 Å². The number of anilines is 1. The molecule has 1 fully saturated rings. The summed E-state index contributed by atoms with van der Waals surface area (Å²) >= 11 is 1.58. The number of carbonyl (C=O) groups is 1. The van der Waals surface area contributed by atoms with Crippen LogP contribution in [0.2, 0.25) is 0 Å². The number of thiazole rings is 1. The number of rotatable bonds is 7. The molecule has 2 heterocycles. The Labute approximate surface area is 181 Å². The lowest BCUT2D eigenvalue weighted by Crippen LogP contribution is -2.38. The van der Waals surface area contributed by atoms with E-state index >= 15 is 0 Å². The first-order chi connectivity index (χ1) is 14.5. The zero-order valence-corrected chi connectivity index (χ0v) is 18.6. The molecule has 0 bridgehead atoms. The molecule has 1 aliphatic rings. The lowest BCUT2D eigenvalue weighted by Gasteiger charge is -2.23. The van der Waals surface area contributed by atoms with Gasteiger partial charge in [-0.1, -0.05) is 29.5 Å². The summed E-state index contributed by atoms with van der Waals surface area (Å²) in [6.07, 6.45) is 2.43. The highest BCUT2D eigenvalue weighted by Crippen LogP contribution is 2.33. The summed E-state index contributed by atoms with van der Waals surface area (Å²) < 4.78 is 12.4. The summed E-state index contributed by atoms with van der Waals surface area (Å²) in [5.41, 5.74) is 4.34. The van der Waals surface area contributed by atoms with Crippen molar-refractivity contribution >= 4 is 32.6 Å². The molecule has 3 aromatic rings. The van der Waals surface area contributed by atoms with Gasteiger partial charge in [-0.05, 0) is 68.5 Å². The molecule has 0 spiro atoms. The molecule has 1 aliphatic heterocycles. The second-order valence-electron chi connectivity index (χ2n) is 7.74. The van der Waals surface area contributed by atoms with E-state index in [2.05, 4.69) is 26.0 Å². The van der Waals surface area contributed by atoms with Gasteiger partial charge >= 0.3 is 0 Å². The lowest BCUT2D eigenvalue weighted by atomic mass is 10.1. The molecular weight excluding hydrogens is 396 g/mol. The van der Waals surface area contributed by atoms with Gasteiger partial charge in [-0.2, -0.15) is 0 Å². The Morgan fingerprint density at radius 1 is 1.23 bits per heavy atom. The molecule has 4 rings (SSSR count). The van der Waals surface area contributed by atoms with Gasteiger partial charge in [0.05, 0.1) is 35.9 Å². The fourth-order valence-electron chi connectivity index (χ4n) is 3.75. The maximum absolute atomic E-state index is 13.3. The van der Waals surface area contributed by atoms with Crippen LogP contribution in [0.4, 0.5) is 5.13 Å². The summed E-state index contributed by atoms with van der Waals surface area (Å²) in [6.45, 7) is 8.09. The van der Waals surface area contributed by atoms with Gasteiger partial charge in [-0.3, -0.25) is 9.69 Å². The van der Waals surface area contributed by atoms with Gasteiger partial charge in [-0.15, -0.1) is 0 Å². The Morgan fingerprint density at radius 2 is 2.03 bits per heavy atom. The second-order valence-corrected chi connectivity index (χ2v) is 8.75. The van der Waals surface area contributed by atoms with E-state index in [1.54, 1.807) is 11.3 Å². The summed E-state index contributed by atoms with van der Waals surface area (Å²) in [6, 6.07) is 12.0. The number of aromatic nitrogens is 1. The Kier molecular flexibility index (Phi) is 6.35. The van der Waals surface area contributed by atoms with Gasteiger partial charge in [0, 0.05) is 6.61 Å². The van der Waals surface area contributed by atoms with Gasteiger partial charge in [0.15, 0.2) is 5.13 Å². The Hall–Kier alpha value is -2.44. The van der Waals surface area contributed by atoms with Crippen LogP contribution in [-0.4, -0.2) is 36.8 Å². The maximum atomic E-state index is 13.3. The van der Waals surface area contributed by atoms with Crippen molar-refractivity contribution in [1.29, 1.82) is 0 Å². The number of benzene rings is 2. The van der Waals surface area contributed by atoms with Crippen LogP contribution in [0.1, 0.15) is 36.5 Å². The molecule has 2 aromatic carbocycles. The minimum atomic E-state index is 0.0445. The number of amides is 1. The first-order valence-electron chi connectivity index (χ1n) is 10.6. The molecule has 1 atom stereocenters. The van der Waals surface area contributed by atoms with Crippen molar-refractivity contribution in [2.24, 2.45) is 0 Å². The van der Waals surface area contributed by atoms with Crippen molar-refractivity contribution in [3.05, 3.63) is 53.1 Å². The van der Waals surface area contributed by atoms with E-state index < -0.39 is 0 Å². The van der Waals surface area contributed by atoms with E-state index in [0.29, 0.717) is 19.6 Å². The van der Waals surface area contributed by atoms with Crippen molar-refractivity contribution in [2.75, 3.05) is 24.7 Å². The Morgan fingerprint density at radius 3 is 2.73 bits per heavy atom. The third-order valence-electron chi connectivity index (χ3n) is 5.61. The normalized spacial score (nSPS) is 16.2. The monoisotopic (exact) mass is 424 g/mol. The predicted octanol–water partition coefficient (Wildman–Crippen LogP) is 5.07. The highest BCUT2D eigenvalue weighted by atomic mass is 32.1. The molecule has 0 N–H and O–H groups in total. The number of nitrogens with zero attached hydrogens (tertiary/aromatic N) is 2. The van der Waals surface area contributed by atoms with Gasteiger partial charge < -0.3 is 9.47 Å². The van der Waals surface area contributed by atoms with E-state index in [-0.39, 0.29) is 12.0 Å². The molecule has 1 aromatic heterocycles. The first kappa shape index (κ1) is 20.8. The van der Waals surface area contributed by atoms with Crippen LogP contribution in [-0.2, 0) is 16.0 Å². The molecule has 0 radical (unpaired) electrons. The summed E-state index contributed by atoms with van der Waals surface area (Å²) in [7, 11) is 0. The largest absolute Gasteiger partial charge is 0.494 e. The van der Waals surface area contributed by atoms with Crippen molar-refractivity contribution in [1.82, 2.24) is 4.98 Å². The van der Waals surface area contributed by atoms with Crippen LogP contribution in [0, 0.1) is 13.8 Å². The number of aryl methyl sites for hydroxylation is 2. The number of hydrogen-bond donors (Lipinski definition) is 0. The summed E-state index contributed by atoms with van der Waals surface area (Å²) in [5, 5.41) is 0.755. The molecule has 6 heteroatoms. The van der Waals surface area contributed by atoms with Gasteiger partial charge in [0.1, 0.15) is 5.75 Å². The topological polar surface area (TPSA) is 51.7 Å². The quantitative estimate of drug-likeness (QED) is 0.532. The molecule has 5 nitrogen and oxygen atoms in total. The third kappa shape index (κ3) is 4.50. The average molecular weight is 425 g/mol. The Balaban J connectivity index is 1.60. The number of ether oxygens (including phenoxy) is 2. The highest BCUT2D eigenvalue weighted by molar-refractivity contribution is 7.22. The molecule has 1 saturated heterocycles. The van der Waals surface area contributed by atoms with Crippen LogP contribution in [0.3, 0.4) is 0 Å². The highest BCUT2D eigenvalue weighted by Gasteiger charge is 2.26. The van der Waals surface area contributed by atoms with Crippen LogP contribution < -0.4 is 9.64 Å². The lowest BCUT2D eigenvalue weighted by molar-refractivity contribution is -0.118. The molecular formula is C24H28N2O3S. The smallest absolute Gasteiger partial charge is 0.233 e. The molecule has 158 valence electrons. The van der Waals surface area contributed by atoms with E-state index in [0.717, 1.165) is 46.1 Å². The second kappa shape index (κ2) is 9.14. The fraction of sp³-hybridized carbons (Fsp3) is 0.417. The first-order valence-corrected chi connectivity index (χ1v) is 11.4. The van der Waals surface area contributed by atoms with Crippen LogP contribution in [0.5, 0.6) is 5.75 Å². The average Bonchev–Trinajstić information content (AvgIpc) is 3.40. The number of hydrogen-bond acceptors (Lipinski definition) is 5. The standard InChI is InChI=1S/C24H28N2O3S/c1-4-28-19-10-8-18(9-11-19)14-22(27)26(15-20-6-5-13-29-20)24-25-23-17(3)16(2)7-12-21(23)30-24/h7-12,20H,4-6,13-15H2,1-3H3. The van der Waals surface area contributed by atoms with Gasteiger partial charge in [0.2, 0.25) is 5.91 Å². The zero-order valence-electron chi connectivity index (χ0n) is 17.8. The van der Waals surface area contributed by atoms with Crippen molar-refractivity contribution < 1.29 is 14.3 Å². The minimum absolute atomic E-state index is 0.0445. The van der Waals surface area contributed by atoms with E-state index in [9.17, 15) is 4.79 Å². The van der Waals surface area contributed by atoms with E-state index in [1.165, 1.54) is 11.1 Å². The number of fused-ring (bicyclic) bond motifs is 1. The third-order valence-corrected chi connectivity index (χ3v) is 6.65. The Bertz CT molecular complexity index is 1020. The fourth-order valence-corrected chi connectivity index (χ4v) is 4.80. The van der Waals surface area contributed by atoms with Crippen LogP contribution in [0.15, 0.2) is 36.4 Å². The van der Waals surface area contributed by atoms with Crippen molar-refractivity contribution in [3.8, 4) is 5.75 Å². The molecule has 0 aliphatic carbocycles. The SMILES string of the molecule is CCOc1ccc(CC(=O)N(CC2CCCO2)c2nc3c(C)c(C)ccc3s2)cc1. The zero-order chi connectivity index (χ0) is 21.1. The molecule has 30 heavy (non-hydrogen) atoms. The summed E-state index contributed by atoms with van der Waals surface area (Å²) in [5.74, 6) is 0.866. The summed E-state index contributed by atoms with van der Waals surface area (Å²) in [4.78, 5) is 20.0. The van der Waals surface area contributed by atoms with Crippen molar-refractivity contribution in [2.45, 2.75) is 46.1 Å². The van der Waals surface area contributed by atoms with Crippen molar-refractivity contribution in [3.63, 3.8) is 0 Å². The predicted molar refractivity (Wildman–Crippen MR) is 122 cm³/mol. The maximum Gasteiger partial charge on any atom is 0.233 e. The van der Waals surface area contributed by atoms with E-state index in [4.69, 9.17) is 14.5 Å². The van der Waals surface area contributed by atoms with Gasteiger partial charge in [0.25, 0.3) is 0 Å². The van der Waals surface area contributed by atoms with Gasteiger partial charge in [-0.25, -0.2) is 4.98 Å². The van der Waals surface area contributed by atoms with E-state index in [1.807, 2.05) is 36.1 Å². The molecule has 0 saturated carbocycles.